The molecule has 0 bridgehead atoms. The lowest BCUT2D eigenvalue weighted by atomic mass is 10.1. The monoisotopic (exact) mass is 345 g/mol. The largest absolute Gasteiger partial charge is 0.493 e. The minimum absolute atomic E-state index is 0.0709. The number of hydrogen-bond donors (Lipinski definition) is 0. The molecule has 0 atom stereocenters. The molecule has 0 saturated heterocycles. The molecule has 0 spiro atoms. The highest BCUT2D eigenvalue weighted by Gasteiger charge is 2.14. The van der Waals surface area contributed by atoms with Crippen molar-refractivity contribution in [2.24, 2.45) is 0 Å². The minimum Gasteiger partial charge on any atom is -0.493 e. The van der Waals surface area contributed by atoms with Crippen molar-refractivity contribution in [2.45, 2.75) is 26.3 Å². The van der Waals surface area contributed by atoms with Gasteiger partial charge in [-0.15, -0.1) is 0 Å². The molecule has 5 heteroatoms. The summed E-state index contributed by atoms with van der Waals surface area (Å²) in [6.07, 6.45) is 0.994. The maximum atomic E-state index is 12.9. The van der Waals surface area contributed by atoms with Gasteiger partial charge in [0.2, 0.25) is 5.91 Å². The molecule has 134 valence electrons. The van der Waals surface area contributed by atoms with Crippen LogP contribution in [0.2, 0.25) is 0 Å². The molecule has 0 N–H and O–H groups in total. The molecule has 2 rings (SSSR count). The first-order chi connectivity index (χ1) is 12.1. The molecule has 0 radical (unpaired) electrons. The highest BCUT2D eigenvalue weighted by atomic mass is 19.1. The molecule has 2 aromatic carbocycles. The molecular weight excluding hydrogens is 321 g/mol. The van der Waals surface area contributed by atoms with E-state index in [4.69, 9.17) is 9.47 Å². The van der Waals surface area contributed by atoms with Crippen LogP contribution in [0.5, 0.6) is 11.5 Å². The number of benzene rings is 2. The second kappa shape index (κ2) is 9.06. The van der Waals surface area contributed by atoms with Gasteiger partial charge in [0.25, 0.3) is 0 Å². The van der Waals surface area contributed by atoms with Gasteiger partial charge in [0.05, 0.1) is 14.2 Å². The van der Waals surface area contributed by atoms with Crippen molar-refractivity contribution >= 4 is 5.91 Å². The van der Waals surface area contributed by atoms with E-state index < -0.39 is 0 Å². The third-order valence-electron chi connectivity index (χ3n) is 4.10. The molecule has 0 heterocycles. The molecule has 25 heavy (non-hydrogen) atoms. The van der Waals surface area contributed by atoms with E-state index >= 15 is 0 Å². The van der Waals surface area contributed by atoms with E-state index in [1.165, 1.54) is 12.1 Å². The van der Waals surface area contributed by atoms with Crippen LogP contribution in [0.3, 0.4) is 0 Å². The maximum absolute atomic E-state index is 12.9. The molecule has 0 aromatic heterocycles. The number of ether oxygens (including phenoxy) is 2. The van der Waals surface area contributed by atoms with Gasteiger partial charge < -0.3 is 14.4 Å². The fourth-order valence-electron chi connectivity index (χ4n) is 2.64. The Hall–Kier alpha value is -2.56. The first-order valence-corrected chi connectivity index (χ1v) is 8.30. The van der Waals surface area contributed by atoms with Gasteiger partial charge >= 0.3 is 0 Å². The van der Waals surface area contributed by atoms with Crippen LogP contribution < -0.4 is 9.47 Å². The summed E-state index contributed by atoms with van der Waals surface area (Å²) in [5.41, 5.74) is 1.94. The third-order valence-corrected chi connectivity index (χ3v) is 4.10. The Bertz CT molecular complexity index is 701. The van der Waals surface area contributed by atoms with Crippen LogP contribution in [0.15, 0.2) is 42.5 Å². The van der Waals surface area contributed by atoms with Crippen molar-refractivity contribution in [3.63, 3.8) is 0 Å². The van der Waals surface area contributed by atoms with E-state index in [0.29, 0.717) is 37.4 Å². The van der Waals surface area contributed by atoms with Crippen LogP contribution in [0.1, 0.15) is 24.5 Å². The zero-order valence-corrected chi connectivity index (χ0v) is 14.9. The van der Waals surface area contributed by atoms with Gasteiger partial charge in [0.1, 0.15) is 5.82 Å². The molecule has 0 unspecified atom stereocenters. The summed E-state index contributed by atoms with van der Waals surface area (Å²) in [5.74, 6) is 1.12. The summed E-state index contributed by atoms with van der Waals surface area (Å²) in [5, 5.41) is 0. The van der Waals surface area contributed by atoms with Crippen molar-refractivity contribution in [1.29, 1.82) is 0 Å². The third kappa shape index (κ3) is 5.21. The van der Waals surface area contributed by atoms with E-state index in [2.05, 4.69) is 0 Å². The number of carbonyl (C=O) groups is 1. The fraction of sp³-hybridized carbons (Fsp3) is 0.350. The molecule has 2 aromatic rings. The van der Waals surface area contributed by atoms with Crippen LogP contribution in [0, 0.1) is 5.82 Å². The molecule has 0 aliphatic rings. The van der Waals surface area contributed by atoms with E-state index in [1.807, 2.05) is 25.1 Å². The maximum Gasteiger partial charge on any atom is 0.223 e. The number of methoxy groups -OCH3 is 2. The van der Waals surface area contributed by atoms with E-state index in [1.54, 1.807) is 31.3 Å². The molecule has 0 aliphatic heterocycles. The lowest BCUT2D eigenvalue weighted by molar-refractivity contribution is -0.131. The highest BCUT2D eigenvalue weighted by molar-refractivity contribution is 5.76. The molecule has 0 saturated carbocycles. The Balaban J connectivity index is 1.98. The second-order valence-electron chi connectivity index (χ2n) is 5.72. The smallest absolute Gasteiger partial charge is 0.223 e. The molecule has 0 aliphatic carbocycles. The topological polar surface area (TPSA) is 38.8 Å². The van der Waals surface area contributed by atoms with Crippen LogP contribution in [0.25, 0.3) is 0 Å². The van der Waals surface area contributed by atoms with Gasteiger partial charge in [-0.05, 0) is 48.7 Å². The van der Waals surface area contributed by atoms with Crippen molar-refractivity contribution in [1.82, 2.24) is 4.90 Å². The number of carbonyl (C=O) groups excluding carboxylic acids is 1. The second-order valence-corrected chi connectivity index (χ2v) is 5.72. The molecular formula is C20H24FNO3. The zero-order chi connectivity index (χ0) is 18.2. The van der Waals surface area contributed by atoms with Crippen LogP contribution >= 0.6 is 0 Å². The molecule has 0 fully saturated rings. The van der Waals surface area contributed by atoms with Crippen molar-refractivity contribution in [3.8, 4) is 11.5 Å². The van der Waals surface area contributed by atoms with Gasteiger partial charge in [0.15, 0.2) is 11.5 Å². The highest BCUT2D eigenvalue weighted by Crippen LogP contribution is 2.28. The Morgan fingerprint density at radius 1 is 1.00 bits per heavy atom. The van der Waals surface area contributed by atoms with Crippen LogP contribution in [0.4, 0.5) is 4.39 Å². The summed E-state index contributed by atoms with van der Waals surface area (Å²) in [6.45, 7) is 3.09. The SMILES string of the molecule is CCN(Cc1ccc(OC)c(OC)c1)C(=O)CCc1ccc(F)cc1. The quantitative estimate of drug-likeness (QED) is 0.730. The average Bonchev–Trinajstić information content (AvgIpc) is 2.65. The summed E-state index contributed by atoms with van der Waals surface area (Å²) >= 11 is 0. The summed E-state index contributed by atoms with van der Waals surface area (Å²) in [7, 11) is 3.18. The molecule has 4 nitrogen and oxygen atoms in total. The van der Waals surface area contributed by atoms with Crippen LogP contribution in [-0.4, -0.2) is 31.6 Å². The van der Waals surface area contributed by atoms with E-state index in [-0.39, 0.29) is 11.7 Å². The van der Waals surface area contributed by atoms with E-state index in [9.17, 15) is 9.18 Å². The van der Waals surface area contributed by atoms with Crippen molar-refractivity contribution in [3.05, 3.63) is 59.4 Å². The Morgan fingerprint density at radius 2 is 1.64 bits per heavy atom. The number of aryl methyl sites for hydroxylation is 1. The lowest BCUT2D eigenvalue weighted by Crippen LogP contribution is -2.30. The van der Waals surface area contributed by atoms with Gasteiger partial charge in [-0.1, -0.05) is 18.2 Å². The van der Waals surface area contributed by atoms with E-state index in [0.717, 1.165) is 11.1 Å². The van der Waals surface area contributed by atoms with Gasteiger partial charge in [-0.2, -0.15) is 0 Å². The standard InChI is InChI=1S/C20H24FNO3/c1-4-22(14-16-7-11-18(24-2)19(13-16)25-3)20(23)12-8-15-5-9-17(21)10-6-15/h5-7,9-11,13H,4,8,12,14H2,1-3H3. The lowest BCUT2D eigenvalue weighted by Gasteiger charge is -2.21. The molecule has 1 amide bonds. The normalized spacial score (nSPS) is 10.4. The first-order valence-electron chi connectivity index (χ1n) is 8.30. The number of halogens is 1. The predicted octanol–water partition coefficient (Wildman–Crippen LogP) is 3.82. The Morgan fingerprint density at radius 3 is 2.24 bits per heavy atom. The summed E-state index contributed by atoms with van der Waals surface area (Å²) in [4.78, 5) is 14.3. The van der Waals surface area contributed by atoms with Gasteiger partial charge in [-0.25, -0.2) is 4.39 Å². The number of hydrogen-bond acceptors (Lipinski definition) is 3. The van der Waals surface area contributed by atoms with Gasteiger partial charge in [0, 0.05) is 19.5 Å². The average molecular weight is 345 g/mol. The first kappa shape index (κ1) is 18.8. The van der Waals surface area contributed by atoms with Gasteiger partial charge in [-0.3, -0.25) is 4.79 Å². The van der Waals surface area contributed by atoms with Crippen LogP contribution in [-0.2, 0) is 17.8 Å². The zero-order valence-electron chi connectivity index (χ0n) is 14.9. The van der Waals surface area contributed by atoms with Crippen molar-refractivity contribution < 1.29 is 18.7 Å². The number of nitrogens with zero attached hydrogens (tertiary/aromatic N) is 1. The summed E-state index contributed by atoms with van der Waals surface area (Å²) in [6, 6.07) is 11.9. The fourth-order valence-corrected chi connectivity index (χ4v) is 2.64. The number of amides is 1. The summed E-state index contributed by atoms with van der Waals surface area (Å²) < 4.78 is 23.5. The Labute approximate surface area is 148 Å². The Kier molecular flexibility index (Phi) is 6.81. The van der Waals surface area contributed by atoms with Crippen molar-refractivity contribution in [2.75, 3.05) is 20.8 Å². The number of rotatable bonds is 8. The predicted molar refractivity (Wildman–Crippen MR) is 95.4 cm³/mol. The minimum atomic E-state index is -0.265.